The third-order valence-corrected chi connectivity index (χ3v) is 3.30. The van der Waals surface area contributed by atoms with Crippen molar-refractivity contribution in [1.82, 2.24) is 14.9 Å². The fourth-order valence-electron chi connectivity index (χ4n) is 1.51. The number of anilines is 1. The zero-order chi connectivity index (χ0) is 13.0. The van der Waals surface area contributed by atoms with Crippen LogP contribution >= 0.6 is 11.5 Å². The van der Waals surface area contributed by atoms with Crippen LogP contribution in [0.5, 0.6) is 0 Å². The highest BCUT2D eigenvalue weighted by Crippen LogP contribution is 2.11. The maximum atomic E-state index is 11.9. The first-order chi connectivity index (χ1) is 8.70. The molecule has 0 aliphatic heterocycles. The molecular formula is C12H14N4OS. The van der Waals surface area contributed by atoms with Crippen LogP contribution in [0.1, 0.15) is 27.9 Å². The van der Waals surface area contributed by atoms with Gasteiger partial charge in [-0.2, -0.15) is 0 Å². The molecule has 0 atom stereocenters. The summed E-state index contributed by atoms with van der Waals surface area (Å²) < 4.78 is 3.79. The van der Waals surface area contributed by atoms with Crippen molar-refractivity contribution in [3.63, 3.8) is 0 Å². The van der Waals surface area contributed by atoms with Crippen LogP contribution in [0.15, 0.2) is 24.3 Å². The van der Waals surface area contributed by atoms with Crippen molar-refractivity contribution >= 4 is 23.1 Å². The molecule has 2 aromatic rings. The number of nitrogens with one attached hydrogen (secondary N) is 1. The van der Waals surface area contributed by atoms with Crippen LogP contribution in [0.3, 0.4) is 0 Å². The van der Waals surface area contributed by atoms with Gasteiger partial charge in [0.1, 0.15) is 4.88 Å². The fraction of sp³-hybridized carbons (Fsp3) is 0.250. The molecule has 0 saturated carbocycles. The van der Waals surface area contributed by atoms with Crippen LogP contribution in [-0.2, 0) is 13.0 Å². The van der Waals surface area contributed by atoms with E-state index >= 15 is 0 Å². The smallest absolute Gasteiger partial charge is 0.265 e. The number of benzene rings is 1. The van der Waals surface area contributed by atoms with E-state index in [0.717, 1.165) is 22.8 Å². The number of rotatable bonds is 4. The molecule has 0 spiro atoms. The van der Waals surface area contributed by atoms with Gasteiger partial charge in [-0.15, -0.1) is 5.10 Å². The Balaban J connectivity index is 1.98. The SMILES string of the molecule is CCc1nnsc1C(=O)NCc1ccc(N)cc1. The number of nitrogen functional groups attached to an aromatic ring is 1. The van der Waals surface area contributed by atoms with Crippen LogP contribution in [0.4, 0.5) is 5.69 Å². The first kappa shape index (κ1) is 12.5. The zero-order valence-electron chi connectivity index (χ0n) is 10.0. The molecule has 0 radical (unpaired) electrons. The third-order valence-electron chi connectivity index (χ3n) is 2.53. The first-order valence-electron chi connectivity index (χ1n) is 5.64. The summed E-state index contributed by atoms with van der Waals surface area (Å²) in [4.78, 5) is 12.5. The van der Waals surface area contributed by atoms with Crippen LogP contribution in [0, 0.1) is 0 Å². The standard InChI is InChI=1S/C12H14N4OS/c1-2-10-11(18-16-15-10)12(17)14-7-8-3-5-9(13)6-4-8/h3-6H,2,7,13H2,1H3,(H,14,17). The Kier molecular flexibility index (Phi) is 3.88. The summed E-state index contributed by atoms with van der Waals surface area (Å²) in [6.07, 6.45) is 0.709. The van der Waals surface area contributed by atoms with Gasteiger partial charge in [-0.3, -0.25) is 4.79 Å². The van der Waals surface area contributed by atoms with E-state index in [4.69, 9.17) is 5.73 Å². The lowest BCUT2D eigenvalue weighted by molar-refractivity contribution is 0.0954. The van der Waals surface area contributed by atoms with Crippen molar-refractivity contribution < 1.29 is 4.79 Å². The number of aromatic nitrogens is 2. The van der Waals surface area contributed by atoms with Gasteiger partial charge in [0.25, 0.3) is 5.91 Å². The molecule has 3 N–H and O–H groups in total. The third kappa shape index (κ3) is 2.84. The quantitative estimate of drug-likeness (QED) is 0.820. The lowest BCUT2D eigenvalue weighted by Gasteiger charge is -2.04. The van der Waals surface area contributed by atoms with Crippen LogP contribution in [-0.4, -0.2) is 15.5 Å². The van der Waals surface area contributed by atoms with Crippen LogP contribution < -0.4 is 11.1 Å². The molecule has 0 aliphatic rings. The van der Waals surface area contributed by atoms with Gasteiger partial charge in [0.05, 0.1) is 5.69 Å². The van der Waals surface area contributed by atoms with Gasteiger partial charge >= 0.3 is 0 Å². The lowest BCUT2D eigenvalue weighted by Crippen LogP contribution is -2.22. The maximum Gasteiger partial charge on any atom is 0.265 e. The number of nitrogens with zero attached hydrogens (tertiary/aromatic N) is 2. The van der Waals surface area contributed by atoms with Gasteiger partial charge in [-0.05, 0) is 35.6 Å². The van der Waals surface area contributed by atoms with E-state index in [1.165, 1.54) is 0 Å². The van der Waals surface area contributed by atoms with Gasteiger partial charge in [-0.25, -0.2) is 0 Å². The van der Waals surface area contributed by atoms with Crippen molar-refractivity contribution in [2.24, 2.45) is 0 Å². The normalized spacial score (nSPS) is 10.3. The zero-order valence-corrected chi connectivity index (χ0v) is 10.8. The molecule has 1 aromatic carbocycles. The monoisotopic (exact) mass is 262 g/mol. The molecule has 6 heteroatoms. The number of amides is 1. The Morgan fingerprint density at radius 1 is 1.39 bits per heavy atom. The molecule has 18 heavy (non-hydrogen) atoms. The lowest BCUT2D eigenvalue weighted by atomic mass is 10.2. The Morgan fingerprint density at radius 2 is 2.11 bits per heavy atom. The number of hydrogen-bond acceptors (Lipinski definition) is 5. The predicted molar refractivity (Wildman–Crippen MR) is 71.3 cm³/mol. The summed E-state index contributed by atoms with van der Waals surface area (Å²) in [5.74, 6) is -0.126. The molecule has 0 unspecified atom stereocenters. The van der Waals surface area contributed by atoms with Crippen molar-refractivity contribution in [3.8, 4) is 0 Å². The highest BCUT2D eigenvalue weighted by Gasteiger charge is 2.14. The molecule has 1 amide bonds. The summed E-state index contributed by atoms with van der Waals surface area (Å²) >= 11 is 1.13. The van der Waals surface area contributed by atoms with Gasteiger partial charge < -0.3 is 11.1 Å². The van der Waals surface area contributed by atoms with E-state index < -0.39 is 0 Å². The number of hydrogen-bond donors (Lipinski definition) is 2. The van der Waals surface area contributed by atoms with Gasteiger partial charge in [-0.1, -0.05) is 23.5 Å². The van der Waals surface area contributed by atoms with Crippen molar-refractivity contribution in [1.29, 1.82) is 0 Å². The van der Waals surface area contributed by atoms with Crippen LogP contribution in [0.2, 0.25) is 0 Å². The van der Waals surface area contributed by atoms with E-state index in [2.05, 4.69) is 14.9 Å². The molecular weight excluding hydrogens is 248 g/mol. The van der Waals surface area contributed by atoms with Gasteiger partial charge in [0, 0.05) is 12.2 Å². The second-order valence-electron chi connectivity index (χ2n) is 3.83. The second kappa shape index (κ2) is 5.59. The van der Waals surface area contributed by atoms with Crippen molar-refractivity contribution in [2.75, 3.05) is 5.73 Å². The van der Waals surface area contributed by atoms with E-state index in [9.17, 15) is 4.79 Å². The van der Waals surface area contributed by atoms with Crippen molar-refractivity contribution in [3.05, 3.63) is 40.4 Å². The minimum atomic E-state index is -0.126. The number of nitrogens with two attached hydrogens (primary N) is 1. The molecule has 0 saturated heterocycles. The molecule has 1 heterocycles. The van der Waals surface area contributed by atoms with Crippen molar-refractivity contribution in [2.45, 2.75) is 19.9 Å². The molecule has 94 valence electrons. The van der Waals surface area contributed by atoms with Gasteiger partial charge in [0.2, 0.25) is 0 Å². The van der Waals surface area contributed by atoms with E-state index in [1.807, 2.05) is 31.2 Å². The summed E-state index contributed by atoms with van der Waals surface area (Å²) in [6.45, 7) is 2.42. The first-order valence-corrected chi connectivity index (χ1v) is 6.42. The molecule has 5 nitrogen and oxygen atoms in total. The fourth-order valence-corrected chi connectivity index (χ4v) is 2.18. The summed E-state index contributed by atoms with van der Waals surface area (Å²) in [7, 11) is 0. The molecule has 0 aliphatic carbocycles. The average Bonchev–Trinajstić information content (AvgIpc) is 2.86. The van der Waals surface area contributed by atoms with E-state index in [0.29, 0.717) is 23.5 Å². The van der Waals surface area contributed by atoms with Crippen LogP contribution in [0.25, 0.3) is 0 Å². The number of carbonyl (C=O) groups is 1. The minimum Gasteiger partial charge on any atom is -0.399 e. The highest BCUT2D eigenvalue weighted by atomic mass is 32.1. The summed E-state index contributed by atoms with van der Waals surface area (Å²) in [6, 6.07) is 7.41. The molecule has 1 aromatic heterocycles. The maximum absolute atomic E-state index is 11.9. The molecule has 0 bridgehead atoms. The summed E-state index contributed by atoms with van der Waals surface area (Å²) in [5.41, 5.74) is 8.06. The molecule has 0 fully saturated rings. The van der Waals surface area contributed by atoms with E-state index in [-0.39, 0.29) is 5.91 Å². The van der Waals surface area contributed by atoms with Gasteiger partial charge in [0.15, 0.2) is 0 Å². The topological polar surface area (TPSA) is 80.9 Å². The number of aryl methyl sites for hydroxylation is 1. The number of carbonyl (C=O) groups excluding carboxylic acids is 1. The predicted octanol–water partition coefficient (Wildman–Crippen LogP) is 1.61. The molecule has 2 rings (SSSR count). The Labute approximate surface area is 109 Å². The Bertz CT molecular complexity index is 535. The van der Waals surface area contributed by atoms with E-state index in [1.54, 1.807) is 0 Å². The minimum absolute atomic E-state index is 0.126. The highest BCUT2D eigenvalue weighted by molar-refractivity contribution is 7.08. The average molecular weight is 262 g/mol. The summed E-state index contributed by atoms with van der Waals surface area (Å²) in [5, 5.41) is 6.76. The Morgan fingerprint density at radius 3 is 2.78 bits per heavy atom. The Hall–Kier alpha value is -1.95. The second-order valence-corrected chi connectivity index (χ2v) is 4.58. The largest absolute Gasteiger partial charge is 0.399 e.